The van der Waals surface area contributed by atoms with Gasteiger partial charge in [-0.2, -0.15) is 0 Å². The first-order valence-electron chi connectivity index (χ1n) is 37.1. The molecule has 10 atom stereocenters. The van der Waals surface area contributed by atoms with Gasteiger partial charge in [-0.15, -0.1) is 0 Å². The van der Waals surface area contributed by atoms with Gasteiger partial charge in [0, 0.05) is 46.5 Å². The molecule has 28 N–H and O–H groups in total. The van der Waals surface area contributed by atoms with Crippen LogP contribution in [0.5, 0.6) is 184 Å². The van der Waals surface area contributed by atoms with Gasteiger partial charge in [0.25, 0.3) is 0 Å². The fraction of sp³-hybridized carbons (Fsp3) is 0.146. The minimum absolute atomic E-state index is 0.0418. The molecule has 5 aliphatic rings. The van der Waals surface area contributed by atoms with Crippen molar-refractivity contribution in [3.8, 4) is 206 Å². The average Bonchev–Trinajstić information content (AvgIpc) is 1.35. The molecule has 5 aliphatic heterocycles. The van der Waals surface area contributed by atoms with Crippen molar-refractivity contribution in [1.29, 1.82) is 0 Å². The van der Waals surface area contributed by atoms with Crippen LogP contribution in [-0.2, 0) is 56.8 Å². The summed E-state index contributed by atoms with van der Waals surface area (Å²) in [6.07, 6.45) is -30.2. The van der Waals surface area contributed by atoms with E-state index in [2.05, 4.69) is 0 Å². The molecule has 696 valence electrons. The smallest absolute Gasteiger partial charge is 0.342 e. The molecule has 0 aromatic heterocycles. The van der Waals surface area contributed by atoms with Gasteiger partial charge in [-0.05, 0) is 60.7 Å². The maximum atomic E-state index is 16.1. The predicted octanol–water partition coefficient (Wildman–Crippen LogP) is 4.13. The number of cyclic esters (lactones) is 1. The number of hydrogen-bond donors (Lipinski definition) is 28. The number of benzene rings is 10. The second-order valence-electron chi connectivity index (χ2n) is 28.9. The summed E-state index contributed by atoms with van der Waals surface area (Å²) < 4.78 is 81.2. The van der Waals surface area contributed by atoms with E-state index in [0.29, 0.717) is 48.5 Å². The SMILES string of the molecule is O=C(O[C@@H]1O[C@@H]2COC(=O)c3cc(O)c(O)c(O)c3-c3c4cc(c(O)c3O)Oc3c(cc(O)c(O)c3O)C(=O)O[C@H]3[C@@H](OC(=O)c5cc(O)c(O)c(O)c5)O[C@@H]5COC(=O)c6cc(c(O)c(O)c6-c6c(cc(O)c(O)c6O)C(=O)O[C@H]5[C@@H]3OC(=O)c3cc(O)c(O)c(O)c3)Oc3c(cc(O)c(O)c3O)C(=O)O[C@@H]1[C@@H](OC(=O)c1cc(O)c(O)c(O)c1)[C@@H]2OC4=O)c1cc(O)c(O)c(O)c1. The predicted molar refractivity (Wildman–Crippen MR) is 413 cm³/mol. The molecule has 0 aliphatic carbocycles. The van der Waals surface area contributed by atoms with Gasteiger partial charge >= 0.3 is 59.7 Å². The van der Waals surface area contributed by atoms with Crippen LogP contribution in [0.2, 0.25) is 0 Å². The molecule has 0 unspecified atom stereocenters. The number of hydrogen-bond acceptors (Lipinski definition) is 52. The number of carbonyl (C=O) groups excluding carboxylic acids is 10. The lowest BCUT2D eigenvalue weighted by Gasteiger charge is -2.44. The van der Waals surface area contributed by atoms with E-state index in [4.69, 9.17) is 66.3 Å². The normalized spacial score (nSPS) is 19.7. The van der Waals surface area contributed by atoms with Gasteiger partial charge in [-0.1, -0.05) is 0 Å². The van der Waals surface area contributed by atoms with Gasteiger partial charge in [0.2, 0.25) is 70.8 Å². The Labute approximate surface area is 735 Å². The summed E-state index contributed by atoms with van der Waals surface area (Å²) in [5.74, 6) is -73.0. The lowest BCUT2D eigenvalue weighted by atomic mass is 9.91. The van der Waals surface area contributed by atoms with Crippen LogP contribution in [0.3, 0.4) is 0 Å². The van der Waals surface area contributed by atoms with Crippen LogP contribution in [0, 0.1) is 0 Å². The molecule has 52 nitrogen and oxygen atoms in total. The van der Waals surface area contributed by atoms with E-state index in [1.54, 1.807) is 0 Å². The Hall–Kier alpha value is -19.2. The molecule has 2 fully saturated rings. The quantitative estimate of drug-likeness (QED) is 0.0577. The molecule has 10 aromatic carbocycles. The first-order valence-corrected chi connectivity index (χ1v) is 37.1. The zero-order valence-electron chi connectivity index (χ0n) is 65.6. The zero-order valence-corrected chi connectivity index (χ0v) is 65.6. The van der Waals surface area contributed by atoms with Gasteiger partial charge in [0.05, 0.1) is 44.5 Å². The van der Waals surface area contributed by atoms with Gasteiger partial charge in [-0.25, -0.2) is 47.9 Å². The van der Waals surface area contributed by atoms with Crippen LogP contribution in [0.25, 0.3) is 22.3 Å². The minimum Gasteiger partial charge on any atom is -0.504 e. The summed E-state index contributed by atoms with van der Waals surface area (Å²) >= 11 is 0. The van der Waals surface area contributed by atoms with E-state index < -0.39 is 396 Å². The van der Waals surface area contributed by atoms with E-state index in [9.17, 15) is 167 Å². The van der Waals surface area contributed by atoms with Crippen LogP contribution in [0.4, 0.5) is 0 Å². The van der Waals surface area contributed by atoms with Gasteiger partial charge in [0.1, 0.15) is 36.5 Å². The van der Waals surface area contributed by atoms with Crippen molar-refractivity contribution >= 4 is 59.7 Å². The number of esters is 10. The third kappa shape index (κ3) is 15.4. The summed E-state index contributed by atoms with van der Waals surface area (Å²) in [5.41, 5.74) is -19.8. The van der Waals surface area contributed by atoms with E-state index in [0.717, 1.165) is 0 Å². The van der Waals surface area contributed by atoms with Crippen molar-refractivity contribution in [3.05, 3.63) is 141 Å². The molecule has 2 saturated heterocycles. The number of aromatic hydroxyl groups is 28. The standard InChI is InChI=1S/C82H56O52/c83-27-1-17(2-28(84)47(27)95)71(111)129-67-65-42-16-122-76(116)23-13-39(55(103)59(107)45(23)44-22(77(117)127-65)10-36(92)52(100)58(44)106)123-63-25(11-37(93)53(101)61(63)109)79(119)132-70-68(130-72(112)18-3-29(85)48(96)30(86)4-18)66-41(125-82(70)134-74(114)20-7-33(89)50(98)34(90)8-20)15-121-75(115)21-9-35(91)51(99)57(105)43(21)46-24(78(118)128-66)14-40(56(104)60(46)108)124-64-26(12-38(94)54(102)62(64)110)80(120)131-69(67)81(126-42)133-73(113)19-5-31(87)49(97)32(88)6-19/h1-14,41-42,65-70,81-110H,15-16H2/t41-,42-,65-,66-,67+,68+,69-,70-,81-,82+/m1/s1. The van der Waals surface area contributed by atoms with Crippen molar-refractivity contribution in [3.63, 3.8) is 0 Å². The first kappa shape index (κ1) is 89.6. The Balaban J connectivity index is 1.02. The largest absolute Gasteiger partial charge is 0.504 e. The molecule has 134 heavy (non-hydrogen) atoms. The van der Waals surface area contributed by atoms with Crippen LogP contribution >= 0.6 is 0 Å². The monoisotopic (exact) mass is 1870 g/mol. The van der Waals surface area contributed by atoms with Crippen molar-refractivity contribution in [2.45, 2.75) is 61.4 Å². The molecule has 10 aromatic rings. The number of phenolic OH excluding ortho intramolecular Hbond substituents is 28. The van der Waals surface area contributed by atoms with Crippen LogP contribution in [-0.4, -0.2) is 277 Å². The topological polar surface area (TPSA) is 866 Å². The number of fused-ring (bicyclic) bond motifs is 14. The van der Waals surface area contributed by atoms with Crippen LogP contribution in [0.1, 0.15) is 104 Å². The van der Waals surface area contributed by atoms with Gasteiger partial charge in [-0.3, -0.25) is 0 Å². The molecule has 15 rings (SSSR count). The Morgan fingerprint density at radius 3 is 0.761 bits per heavy atom. The number of phenols is 28. The summed E-state index contributed by atoms with van der Waals surface area (Å²) in [6, 6.07) is 3.48. The highest BCUT2D eigenvalue weighted by atomic mass is 16.8. The fourth-order valence-electron chi connectivity index (χ4n) is 14.2. The second kappa shape index (κ2) is 33.2. The Morgan fingerprint density at radius 1 is 0.239 bits per heavy atom. The van der Waals surface area contributed by atoms with Crippen molar-refractivity contribution in [1.82, 2.24) is 0 Å². The Bertz CT molecular complexity index is 6660. The first-order chi connectivity index (χ1) is 63.1. The zero-order chi connectivity index (χ0) is 97.3. The van der Waals surface area contributed by atoms with Crippen LogP contribution in [0.15, 0.2) is 84.9 Å². The van der Waals surface area contributed by atoms with E-state index >= 15 is 24.0 Å². The summed E-state index contributed by atoms with van der Waals surface area (Å²) in [4.78, 5) is 153. The second-order valence-corrected chi connectivity index (χ2v) is 28.9. The molecule has 0 radical (unpaired) electrons. The molecule has 8 bridgehead atoms. The molecular formula is C82H56O52. The van der Waals surface area contributed by atoms with Crippen molar-refractivity contribution < 1.29 is 257 Å². The van der Waals surface area contributed by atoms with E-state index in [-0.39, 0.29) is 36.4 Å². The van der Waals surface area contributed by atoms with E-state index in [1.165, 1.54) is 0 Å². The number of carbonyl (C=O) groups is 10. The maximum absolute atomic E-state index is 16.1. The van der Waals surface area contributed by atoms with Crippen molar-refractivity contribution in [2.75, 3.05) is 13.2 Å². The van der Waals surface area contributed by atoms with Gasteiger partial charge < -0.3 is 209 Å². The fourth-order valence-corrected chi connectivity index (χ4v) is 14.2. The molecule has 0 saturated carbocycles. The lowest BCUT2D eigenvalue weighted by molar-refractivity contribution is -0.282. The van der Waals surface area contributed by atoms with Crippen LogP contribution < -0.4 is 9.47 Å². The number of rotatable bonds is 8. The third-order valence-electron chi connectivity index (χ3n) is 20.7. The highest BCUT2D eigenvalue weighted by molar-refractivity contribution is 6.11. The minimum atomic E-state index is -3.20. The number of ether oxygens (including phenoxy) is 14. The highest BCUT2D eigenvalue weighted by Gasteiger charge is 2.59. The summed E-state index contributed by atoms with van der Waals surface area (Å²) in [7, 11) is 0. The highest BCUT2D eigenvalue weighted by Crippen LogP contribution is 2.60. The summed E-state index contributed by atoms with van der Waals surface area (Å²) in [6.45, 7) is -3.41. The lowest BCUT2D eigenvalue weighted by Crippen LogP contribution is -2.63. The van der Waals surface area contributed by atoms with E-state index in [1.807, 2.05) is 0 Å². The average molecular weight is 1870 g/mol. The maximum Gasteiger partial charge on any atom is 0.342 e. The van der Waals surface area contributed by atoms with Crippen molar-refractivity contribution in [2.24, 2.45) is 0 Å². The molecule has 0 spiro atoms. The third-order valence-corrected chi connectivity index (χ3v) is 20.7. The molecule has 52 heteroatoms. The Kier molecular flexibility index (Phi) is 22.2. The molecular weight excluding hydrogens is 1820 g/mol. The molecule has 5 heterocycles. The Morgan fingerprint density at radius 2 is 0.463 bits per heavy atom. The van der Waals surface area contributed by atoms with Gasteiger partial charge in [0.15, 0.2) is 162 Å². The summed E-state index contributed by atoms with van der Waals surface area (Å²) in [5, 5.41) is 314. The molecule has 0 amide bonds.